The summed E-state index contributed by atoms with van der Waals surface area (Å²) in [6.45, 7) is -0.650. The molecule has 0 spiro atoms. The number of aromatic hydroxyl groups is 1. The number of carbonyl (C=O) groups is 2. The van der Waals surface area contributed by atoms with Crippen LogP contribution in [0.3, 0.4) is 0 Å². The first-order valence-corrected chi connectivity index (χ1v) is 14.6. The van der Waals surface area contributed by atoms with Gasteiger partial charge in [-0.25, -0.2) is 9.59 Å². The molecule has 0 bridgehead atoms. The van der Waals surface area contributed by atoms with Crippen molar-refractivity contribution in [3.8, 4) is 28.7 Å². The zero-order valence-electron chi connectivity index (χ0n) is 26.0. The highest BCUT2D eigenvalue weighted by atomic mass is 16.7. The van der Waals surface area contributed by atoms with Gasteiger partial charge in [0.05, 0.1) is 24.8 Å². The average molecular weight is 672 g/mol. The number of nitrogens with one attached hydrogen (secondary N) is 1. The molecule has 8 N–H and O–H groups in total. The smallest absolute Gasteiger partial charge is 0.338 e. The van der Waals surface area contributed by atoms with Gasteiger partial charge >= 0.3 is 11.9 Å². The van der Waals surface area contributed by atoms with Gasteiger partial charge in [0.15, 0.2) is 35.7 Å². The van der Waals surface area contributed by atoms with Crippen molar-refractivity contribution in [2.45, 2.75) is 37.1 Å². The summed E-state index contributed by atoms with van der Waals surface area (Å²) >= 11 is 0. The van der Waals surface area contributed by atoms with Gasteiger partial charge in [-0.3, -0.25) is 4.99 Å². The summed E-state index contributed by atoms with van der Waals surface area (Å²) in [5.41, 5.74) is 6.40. The molecule has 0 aromatic heterocycles. The molecule has 0 saturated carbocycles. The maximum absolute atomic E-state index is 13.1. The van der Waals surface area contributed by atoms with Gasteiger partial charge in [-0.2, -0.15) is 0 Å². The summed E-state index contributed by atoms with van der Waals surface area (Å²) < 4.78 is 33.2. The normalized spacial score (nSPS) is 20.8. The topological polar surface area (TPSA) is 241 Å². The Morgan fingerprint density at radius 1 is 0.917 bits per heavy atom. The number of hydrogen-bond donors (Lipinski definition) is 7. The minimum atomic E-state index is -1.80. The van der Waals surface area contributed by atoms with Crippen molar-refractivity contribution in [2.24, 2.45) is 10.7 Å². The molecule has 0 radical (unpaired) electrons. The van der Waals surface area contributed by atoms with Gasteiger partial charge in [-0.05, 0) is 35.9 Å². The molecular formula is C32H37N3O13. The molecule has 3 aromatic carbocycles. The molecular weight excluding hydrogens is 634 g/mol. The van der Waals surface area contributed by atoms with E-state index >= 15 is 0 Å². The number of carboxylic acids is 1. The Bertz CT molecular complexity index is 1590. The number of benzene rings is 3. The highest BCUT2D eigenvalue weighted by Gasteiger charge is 2.46. The van der Waals surface area contributed by atoms with Crippen LogP contribution < -0.4 is 30.0 Å². The van der Waals surface area contributed by atoms with E-state index in [0.29, 0.717) is 6.42 Å². The molecule has 1 saturated heterocycles. The van der Waals surface area contributed by atoms with Crippen molar-refractivity contribution in [3.05, 3.63) is 77.4 Å². The Kier molecular flexibility index (Phi) is 12.2. The van der Waals surface area contributed by atoms with E-state index in [9.17, 15) is 35.1 Å². The van der Waals surface area contributed by atoms with Gasteiger partial charge in [-0.15, -0.1) is 0 Å². The summed E-state index contributed by atoms with van der Waals surface area (Å²) in [5.74, 6) is -2.68. The number of aliphatic hydroxyl groups excluding tert-OH is 3. The first kappa shape index (κ1) is 35.6. The Balaban J connectivity index is 1.44. The summed E-state index contributed by atoms with van der Waals surface area (Å²) in [6.07, 6.45) is -7.76. The molecule has 258 valence electrons. The molecule has 48 heavy (non-hydrogen) atoms. The van der Waals surface area contributed by atoms with E-state index in [-0.39, 0.29) is 59.2 Å². The van der Waals surface area contributed by atoms with Gasteiger partial charge in [-0.1, -0.05) is 30.3 Å². The van der Waals surface area contributed by atoms with E-state index in [1.807, 2.05) is 30.3 Å². The maximum Gasteiger partial charge on any atom is 0.338 e. The van der Waals surface area contributed by atoms with E-state index < -0.39 is 49.3 Å². The van der Waals surface area contributed by atoms with Gasteiger partial charge in [0.1, 0.15) is 31.0 Å². The van der Waals surface area contributed by atoms with Crippen molar-refractivity contribution in [1.29, 1.82) is 0 Å². The number of ether oxygens (including phenoxy) is 6. The summed E-state index contributed by atoms with van der Waals surface area (Å²) in [4.78, 5) is 28.3. The number of carbonyl (C=O) groups excluding carboxylic acids is 1. The number of methoxy groups -OCH3 is 1. The van der Waals surface area contributed by atoms with Gasteiger partial charge in [0, 0.05) is 13.5 Å². The van der Waals surface area contributed by atoms with Crippen LogP contribution in [0, 0.1) is 0 Å². The quantitative estimate of drug-likeness (QED) is 0.0538. The molecule has 1 heterocycles. The number of aromatic carboxylic acids is 1. The molecule has 16 nitrogen and oxygen atoms in total. The lowest BCUT2D eigenvalue weighted by molar-refractivity contribution is -0.277. The number of aliphatic hydroxyl groups is 3. The van der Waals surface area contributed by atoms with Crippen LogP contribution in [-0.2, 0) is 15.9 Å². The van der Waals surface area contributed by atoms with E-state index in [4.69, 9.17) is 34.2 Å². The molecule has 0 amide bonds. The predicted octanol–water partition coefficient (Wildman–Crippen LogP) is 0.634. The molecule has 1 fully saturated rings. The van der Waals surface area contributed by atoms with Crippen LogP contribution in [0.15, 0.2) is 65.7 Å². The molecule has 4 rings (SSSR count). The summed E-state index contributed by atoms with van der Waals surface area (Å²) in [6, 6.07) is 15.6. The lowest BCUT2D eigenvalue weighted by atomic mass is 9.99. The molecule has 0 aliphatic carbocycles. The molecule has 3 aromatic rings. The van der Waals surface area contributed by atoms with Crippen molar-refractivity contribution < 1.29 is 63.5 Å². The van der Waals surface area contributed by atoms with Crippen LogP contribution in [0.5, 0.6) is 28.7 Å². The minimum absolute atomic E-state index is 0.0232. The Labute approximate surface area is 274 Å². The Hall–Kier alpha value is -5.29. The van der Waals surface area contributed by atoms with Crippen molar-refractivity contribution in [3.63, 3.8) is 0 Å². The fourth-order valence-corrected chi connectivity index (χ4v) is 4.53. The number of esters is 1. The van der Waals surface area contributed by atoms with Crippen LogP contribution >= 0.6 is 0 Å². The Morgan fingerprint density at radius 3 is 2.31 bits per heavy atom. The number of guanidine groups is 1. The van der Waals surface area contributed by atoms with Crippen LogP contribution in [0.2, 0.25) is 0 Å². The number of phenols is 1. The number of aliphatic imine (C=N–C) groups is 1. The third-order valence-corrected chi connectivity index (χ3v) is 7.19. The first-order valence-electron chi connectivity index (χ1n) is 14.6. The lowest BCUT2D eigenvalue weighted by Gasteiger charge is -2.40. The lowest BCUT2D eigenvalue weighted by Crippen LogP contribution is -2.60. The molecule has 5 unspecified atom stereocenters. The third-order valence-electron chi connectivity index (χ3n) is 7.19. The summed E-state index contributed by atoms with van der Waals surface area (Å²) in [5, 5.41) is 54.3. The van der Waals surface area contributed by atoms with Crippen molar-refractivity contribution in [1.82, 2.24) is 5.32 Å². The average Bonchev–Trinajstić information content (AvgIpc) is 3.09. The zero-order chi connectivity index (χ0) is 34.8. The van der Waals surface area contributed by atoms with Crippen LogP contribution in [-0.4, -0.2) is 108 Å². The number of rotatable bonds is 14. The van der Waals surface area contributed by atoms with Gasteiger partial charge < -0.3 is 65.0 Å². The standard InChI is InChI=1S/C32H37N3O13/c1-34-32(33)35-16-46-21-12-18(29(40)41)8-9-20(21)47-31-28(39)27(38)26(37)24(48-31)15-45-30(42)19-13-22(43-2)25(36)23(14-19)44-11-10-17-6-4-3-5-7-17/h3-9,12-14,24,26-28,31,36-39H,10-11,15-16H2,1-2H3,(H,40,41)(H3,33,34,35). The molecule has 1 aliphatic heterocycles. The number of nitrogens with two attached hydrogens (primary N) is 1. The van der Waals surface area contributed by atoms with E-state index in [1.54, 1.807) is 0 Å². The Morgan fingerprint density at radius 2 is 1.62 bits per heavy atom. The monoisotopic (exact) mass is 671 g/mol. The van der Waals surface area contributed by atoms with Crippen molar-refractivity contribution in [2.75, 3.05) is 34.1 Å². The van der Waals surface area contributed by atoms with E-state index in [2.05, 4.69) is 10.3 Å². The highest BCUT2D eigenvalue weighted by molar-refractivity contribution is 5.91. The zero-order valence-corrected chi connectivity index (χ0v) is 26.0. The fraction of sp³-hybridized carbons (Fsp3) is 0.344. The van der Waals surface area contributed by atoms with Crippen LogP contribution in [0.1, 0.15) is 26.3 Å². The van der Waals surface area contributed by atoms with Gasteiger partial charge in [0.25, 0.3) is 0 Å². The van der Waals surface area contributed by atoms with E-state index in [0.717, 1.165) is 11.6 Å². The predicted molar refractivity (Wildman–Crippen MR) is 167 cm³/mol. The SMILES string of the molecule is CN=C(N)NCOc1cc(C(=O)O)ccc1OC1OC(COC(=O)c2cc(OC)c(O)c(OCCc3ccccc3)c2)C(O)C(O)C1O. The van der Waals surface area contributed by atoms with Crippen LogP contribution in [0.25, 0.3) is 0 Å². The molecule has 16 heteroatoms. The summed E-state index contributed by atoms with van der Waals surface area (Å²) in [7, 11) is 2.74. The second-order valence-corrected chi connectivity index (χ2v) is 10.4. The second-order valence-electron chi connectivity index (χ2n) is 10.4. The maximum atomic E-state index is 13.1. The number of hydrogen-bond acceptors (Lipinski definition) is 13. The van der Waals surface area contributed by atoms with Crippen molar-refractivity contribution >= 4 is 17.9 Å². The number of nitrogens with zero attached hydrogens (tertiary/aromatic N) is 1. The number of carboxylic acid groups (broad SMARTS) is 1. The highest BCUT2D eigenvalue weighted by Crippen LogP contribution is 2.38. The largest absolute Gasteiger partial charge is 0.502 e. The van der Waals surface area contributed by atoms with E-state index in [1.165, 1.54) is 38.4 Å². The van der Waals surface area contributed by atoms with Crippen LogP contribution in [0.4, 0.5) is 0 Å². The second kappa shape index (κ2) is 16.5. The molecule has 5 atom stereocenters. The minimum Gasteiger partial charge on any atom is -0.502 e. The molecule has 1 aliphatic rings. The number of phenolic OH excluding ortho intramolecular Hbond substituents is 1. The van der Waals surface area contributed by atoms with Gasteiger partial charge in [0.2, 0.25) is 12.0 Å². The fourth-order valence-electron chi connectivity index (χ4n) is 4.53. The first-order chi connectivity index (χ1) is 23.0. The third kappa shape index (κ3) is 8.95.